The first-order valence-electron chi connectivity index (χ1n) is 7.06. The predicted molar refractivity (Wildman–Crippen MR) is 84.2 cm³/mol. The number of aromatic carboxylic acids is 1. The lowest BCUT2D eigenvalue weighted by molar-refractivity contribution is 0.0696. The Kier molecular flexibility index (Phi) is 2.69. The first-order chi connectivity index (χ1) is 11.1. The molecule has 3 aromatic rings. The maximum absolute atomic E-state index is 12.6. The van der Waals surface area contributed by atoms with Crippen molar-refractivity contribution in [3.63, 3.8) is 0 Å². The molecule has 3 aromatic carbocycles. The summed E-state index contributed by atoms with van der Waals surface area (Å²) in [4.78, 5) is 36.4. The van der Waals surface area contributed by atoms with Crippen molar-refractivity contribution >= 4 is 28.3 Å². The van der Waals surface area contributed by atoms with Crippen molar-refractivity contribution in [2.24, 2.45) is 0 Å². The normalized spacial score (nSPS) is 12.9. The fourth-order valence-electron chi connectivity index (χ4n) is 2.98. The Bertz CT molecular complexity index is 1030. The van der Waals surface area contributed by atoms with E-state index in [9.17, 15) is 14.4 Å². The highest BCUT2D eigenvalue weighted by Gasteiger charge is 2.29. The van der Waals surface area contributed by atoms with Gasteiger partial charge in [-0.15, -0.1) is 0 Å². The van der Waals surface area contributed by atoms with Crippen molar-refractivity contribution in [1.29, 1.82) is 0 Å². The molecule has 1 N–H and O–H groups in total. The van der Waals surface area contributed by atoms with Gasteiger partial charge in [0.25, 0.3) is 0 Å². The number of benzene rings is 3. The largest absolute Gasteiger partial charge is 0.478 e. The van der Waals surface area contributed by atoms with Gasteiger partial charge in [0.2, 0.25) is 0 Å². The van der Waals surface area contributed by atoms with E-state index < -0.39 is 5.97 Å². The Morgan fingerprint density at radius 1 is 0.696 bits per heavy atom. The van der Waals surface area contributed by atoms with Crippen LogP contribution < -0.4 is 0 Å². The average Bonchev–Trinajstić information content (AvgIpc) is 2.58. The smallest absolute Gasteiger partial charge is 0.335 e. The summed E-state index contributed by atoms with van der Waals surface area (Å²) in [6, 6.07) is 14.6. The molecule has 0 atom stereocenters. The fraction of sp³-hybridized carbons (Fsp3) is 0. The Balaban J connectivity index is 2.01. The second-order valence-corrected chi connectivity index (χ2v) is 5.47. The van der Waals surface area contributed by atoms with Gasteiger partial charge in [0.15, 0.2) is 11.6 Å². The molecule has 4 nitrogen and oxygen atoms in total. The molecule has 0 unspecified atom stereocenters. The average molecular weight is 302 g/mol. The first kappa shape index (κ1) is 13.4. The highest BCUT2D eigenvalue weighted by Crippen LogP contribution is 2.30. The van der Waals surface area contributed by atoms with E-state index in [4.69, 9.17) is 5.11 Å². The summed E-state index contributed by atoms with van der Waals surface area (Å²) >= 11 is 0. The van der Waals surface area contributed by atoms with Crippen LogP contribution in [0.25, 0.3) is 10.8 Å². The molecule has 0 aliphatic heterocycles. The third kappa shape index (κ3) is 1.89. The van der Waals surface area contributed by atoms with E-state index in [1.165, 1.54) is 12.1 Å². The molecule has 1 aliphatic rings. The lowest BCUT2D eigenvalue weighted by Gasteiger charge is -2.18. The minimum atomic E-state index is -1.03. The summed E-state index contributed by atoms with van der Waals surface area (Å²) in [5, 5.41) is 10.4. The third-order valence-electron chi connectivity index (χ3n) is 4.13. The molecule has 4 heteroatoms. The number of hydrogen-bond donors (Lipinski definition) is 1. The van der Waals surface area contributed by atoms with E-state index in [-0.39, 0.29) is 17.1 Å². The molecule has 0 saturated heterocycles. The Labute approximate surface area is 131 Å². The molecule has 1 aliphatic carbocycles. The van der Waals surface area contributed by atoms with Gasteiger partial charge in [0.05, 0.1) is 5.56 Å². The molecular formula is C19H10O4. The zero-order chi connectivity index (χ0) is 16.1. The molecule has 0 spiro atoms. The van der Waals surface area contributed by atoms with Crippen LogP contribution in [0.15, 0.2) is 54.6 Å². The number of carbonyl (C=O) groups excluding carboxylic acids is 2. The van der Waals surface area contributed by atoms with Crippen LogP contribution in [-0.2, 0) is 0 Å². The third-order valence-corrected chi connectivity index (χ3v) is 4.13. The second-order valence-electron chi connectivity index (χ2n) is 5.47. The van der Waals surface area contributed by atoms with Crippen molar-refractivity contribution in [1.82, 2.24) is 0 Å². The van der Waals surface area contributed by atoms with Gasteiger partial charge >= 0.3 is 5.97 Å². The second kappa shape index (κ2) is 4.61. The molecule has 0 radical (unpaired) electrons. The summed E-state index contributed by atoms with van der Waals surface area (Å²) in [6.45, 7) is 0. The number of hydrogen-bond acceptors (Lipinski definition) is 3. The minimum absolute atomic E-state index is 0.146. The summed E-state index contributed by atoms with van der Waals surface area (Å²) in [5.74, 6) is -1.42. The Morgan fingerprint density at radius 2 is 1.26 bits per heavy atom. The van der Waals surface area contributed by atoms with Gasteiger partial charge in [0.1, 0.15) is 0 Å². The zero-order valence-electron chi connectivity index (χ0n) is 11.9. The van der Waals surface area contributed by atoms with Crippen LogP contribution in [0.5, 0.6) is 0 Å². The number of rotatable bonds is 1. The van der Waals surface area contributed by atoms with Gasteiger partial charge in [-0.3, -0.25) is 9.59 Å². The van der Waals surface area contributed by atoms with Crippen LogP contribution in [0, 0.1) is 0 Å². The number of carboxylic acids is 1. The van der Waals surface area contributed by atoms with E-state index in [1.807, 2.05) is 0 Å². The van der Waals surface area contributed by atoms with E-state index in [1.54, 1.807) is 42.5 Å². The number of carboxylic acid groups (broad SMARTS) is 1. The van der Waals surface area contributed by atoms with Gasteiger partial charge in [0, 0.05) is 22.3 Å². The maximum Gasteiger partial charge on any atom is 0.335 e. The molecular weight excluding hydrogens is 292 g/mol. The van der Waals surface area contributed by atoms with E-state index in [0.717, 1.165) is 5.39 Å². The SMILES string of the molecule is O=C(O)c1ccc2cc3c(cc2c1)C(=O)c1ccccc1C3=O. The first-order valence-corrected chi connectivity index (χ1v) is 7.06. The maximum atomic E-state index is 12.6. The van der Waals surface area contributed by atoms with Crippen LogP contribution >= 0.6 is 0 Å². The summed E-state index contributed by atoms with van der Waals surface area (Å²) in [6.07, 6.45) is 0. The van der Waals surface area contributed by atoms with E-state index >= 15 is 0 Å². The van der Waals surface area contributed by atoms with Crippen molar-refractivity contribution in [2.45, 2.75) is 0 Å². The van der Waals surface area contributed by atoms with Crippen molar-refractivity contribution in [3.8, 4) is 0 Å². The molecule has 0 fully saturated rings. The van der Waals surface area contributed by atoms with E-state index in [0.29, 0.717) is 27.6 Å². The molecule has 23 heavy (non-hydrogen) atoms. The summed E-state index contributed by atoms with van der Waals surface area (Å²) in [5.41, 5.74) is 1.63. The molecule has 0 heterocycles. The standard InChI is InChI=1S/C19H10O4/c20-17-13-3-1-2-4-14(13)18(21)16-9-12-7-11(19(22)23)6-5-10(12)8-15(16)17/h1-9H,(H,22,23). The van der Waals surface area contributed by atoms with Gasteiger partial charge in [-0.05, 0) is 35.0 Å². The molecule has 0 aromatic heterocycles. The van der Waals surface area contributed by atoms with Crippen LogP contribution in [0.3, 0.4) is 0 Å². The van der Waals surface area contributed by atoms with Crippen molar-refractivity contribution in [3.05, 3.63) is 82.4 Å². The highest BCUT2D eigenvalue weighted by atomic mass is 16.4. The Morgan fingerprint density at radius 3 is 1.83 bits per heavy atom. The minimum Gasteiger partial charge on any atom is -0.478 e. The van der Waals surface area contributed by atoms with Gasteiger partial charge in [-0.1, -0.05) is 30.3 Å². The van der Waals surface area contributed by atoms with Gasteiger partial charge in [-0.25, -0.2) is 4.79 Å². The van der Waals surface area contributed by atoms with Crippen molar-refractivity contribution < 1.29 is 19.5 Å². The van der Waals surface area contributed by atoms with Gasteiger partial charge in [-0.2, -0.15) is 0 Å². The molecule has 4 rings (SSSR count). The Hall–Kier alpha value is -3.27. The summed E-state index contributed by atoms with van der Waals surface area (Å²) in [7, 11) is 0. The van der Waals surface area contributed by atoms with Crippen LogP contribution in [0.1, 0.15) is 42.2 Å². The number of ketones is 2. The topological polar surface area (TPSA) is 71.4 Å². The van der Waals surface area contributed by atoms with E-state index in [2.05, 4.69) is 0 Å². The number of fused-ring (bicyclic) bond motifs is 3. The molecule has 110 valence electrons. The van der Waals surface area contributed by atoms with Crippen molar-refractivity contribution in [2.75, 3.05) is 0 Å². The molecule has 0 amide bonds. The fourth-order valence-corrected chi connectivity index (χ4v) is 2.98. The molecule has 0 saturated carbocycles. The lowest BCUT2D eigenvalue weighted by atomic mass is 9.83. The summed E-state index contributed by atoms with van der Waals surface area (Å²) < 4.78 is 0. The monoisotopic (exact) mass is 302 g/mol. The van der Waals surface area contributed by atoms with Crippen LogP contribution in [-0.4, -0.2) is 22.6 Å². The van der Waals surface area contributed by atoms with Crippen LogP contribution in [0.4, 0.5) is 0 Å². The quantitative estimate of drug-likeness (QED) is 0.585. The molecule has 0 bridgehead atoms. The predicted octanol–water partition coefficient (Wildman–Crippen LogP) is 3.31. The zero-order valence-corrected chi connectivity index (χ0v) is 11.9. The highest BCUT2D eigenvalue weighted by molar-refractivity contribution is 6.29. The van der Waals surface area contributed by atoms with Crippen LogP contribution in [0.2, 0.25) is 0 Å². The van der Waals surface area contributed by atoms with Gasteiger partial charge < -0.3 is 5.11 Å². The lowest BCUT2D eigenvalue weighted by Crippen LogP contribution is -2.20. The number of carbonyl (C=O) groups is 3.